The van der Waals surface area contributed by atoms with E-state index in [1.165, 1.54) is 11.6 Å². The number of pyridine rings is 2. The minimum absolute atomic E-state index is 0.113. The Morgan fingerprint density at radius 2 is 1.91 bits per heavy atom. The number of likely N-dealkylation sites (tertiary alicyclic amines) is 1. The number of aromatic nitrogens is 2. The van der Waals surface area contributed by atoms with E-state index in [4.69, 9.17) is 0 Å². The summed E-state index contributed by atoms with van der Waals surface area (Å²) in [5.41, 5.74) is 2.20. The van der Waals surface area contributed by atoms with Gasteiger partial charge in [0.05, 0.1) is 0 Å². The number of aromatic amines is 1. The van der Waals surface area contributed by atoms with Gasteiger partial charge in [-0.2, -0.15) is 0 Å². The molecule has 1 aliphatic rings. The lowest BCUT2D eigenvalue weighted by atomic mass is 9.90. The van der Waals surface area contributed by atoms with Crippen LogP contribution >= 0.6 is 0 Å². The van der Waals surface area contributed by atoms with Crippen molar-refractivity contribution < 1.29 is 4.79 Å². The first-order valence-electron chi connectivity index (χ1n) is 8.08. The van der Waals surface area contributed by atoms with Crippen LogP contribution in [0.4, 0.5) is 0 Å². The van der Waals surface area contributed by atoms with Crippen molar-refractivity contribution in [1.29, 1.82) is 0 Å². The molecule has 2 aromatic heterocycles. The highest BCUT2D eigenvalue weighted by atomic mass is 16.2. The van der Waals surface area contributed by atoms with Gasteiger partial charge in [0.15, 0.2) is 0 Å². The zero-order valence-electron chi connectivity index (χ0n) is 13.1. The zero-order chi connectivity index (χ0) is 16.1. The number of amides is 1. The number of piperidine rings is 1. The Hall–Kier alpha value is -2.43. The van der Waals surface area contributed by atoms with Crippen molar-refractivity contribution in [2.45, 2.75) is 31.6 Å². The number of aryl methyl sites for hydroxylation is 1. The lowest BCUT2D eigenvalue weighted by molar-refractivity contribution is -0.132. The standard InChI is InChI=1S/C18H21N3O2/c22-17-3-1-14(13-20-17)2-4-18(23)21-11-7-16(8-12-21)15-5-9-19-10-6-15/h1,3,5-6,9-10,13,16H,2,4,7-8,11-12H2,(H,20,22). The molecule has 23 heavy (non-hydrogen) atoms. The smallest absolute Gasteiger partial charge is 0.247 e. The molecule has 3 rings (SSSR count). The van der Waals surface area contributed by atoms with Crippen LogP contribution in [0.1, 0.15) is 36.3 Å². The maximum Gasteiger partial charge on any atom is 0.247 e. The topological polar surface area (TPSA) is 66.1 Å². The molecule has 0 aromatic carbocycles. The Morgan fingerprint density at radius 3 is 2.57 bits per heavy atom. The van der Waals surface area contributed by atoms with Gasteiger partial charge in [0.2, 0.25) is 11.5 Å². The van der Waals surface area contributed by atoms with E-state index >= 15 is 0 Å². The number of carbonyl (C=O) groups excluding carboxylic acids is 1. The molecule has 1 fully saturated rings. The quantitative estimate of drug-likeness (QED) is 0.940. The highest BCUT2D eigenvalue weighted by Gasteiger charge is 2.23. The molecule has 0 atom stereocenters. The number of H-pyrrole nitrogens is 1. The van der Waals surface area contributed by atoms with Gasteiger partial charge in [-0.25, -0.2) is 0 Å². The van der Waals surface area contributed by atoms with Crippen molar-refractivity contribution in [1.82, 2.24) is 14.9 Å². The fraction of sp³-hybridized carbons (Fsp3) is 0.389. The third-order valence-corrected chi connectivity index (χ3v) is 4.50. The number of nitrogens with zero attached hydrogens (tertiary/aromatic N) is 2. The van der Waals surface area contributed by atoms with Gasteiger partial charge in [-0.05, 0) is 48.4 Å². The number of rotatable bonds is 4. The van der Waals surface area contributed by atoms with E-state index in [9.17, 15) is 9.59 Å². The molecule has 0 saturated carbocycles. The van der Waals surface area contributed by atoms with Crippen LogP contribution in [0.2, 0.25) is 0 Å². The first kappa shape index (κ1) is 15.5. The number of hydrogen-bond acceptors (Lipinski definition) is 3. The summed E-state index contributed by atoms with van der Waals surface area (Å²) < 4.78 is 0. The lowest BCUT2D eigenvalue weighted by Gasteiger charge is -2.32. The molecule has 1 amide bonds. The van der Waals surface area contributed by atoms with E-state index in [0.29, 0.717) is 18.8 Å². The van der Waals surface area contributed by atoms with Crippen LogP contribution in [0, 0.1) is 0 Å². The van der Waals surface area contributed by atoms with Crippen molar-refractivity contribution in [3.8, 4) is 0 Å². The van der Waals surface area contributed by atoms with Gasteiger partial charge in [-0.15, -0.1) is 0 Å². The lowest BCUT2D eigenvalue weighted by Crippen LogP contribution is -2.38. The van der Waals surface area contributed by atoms with E-state index in [2.05, 4.69) is 22.1 Å². The van der Waals surface area contributed by atoms with E-state index < -0.39 is 0 Å². The van der Waals surface area contributed by atoms with Gasteiger partial charge in [0.1, 0.15) is 0 Å². The Balaban J connectivity index is 1.48. The Bertz CT molecular complexity index is 683. The maximum atomic E-state index is 12.3. The third-order valence-electron chi connectivity index (χ3n) is 4.50. The Kier molecular flexibility index (Phi) is 4.86. The van der Waals surface area contributed by atoms with Gasteiger partial charge >= 0.3 is 0 Å². The molecule has 0 unspecified atom stereocenters. The molecule has 0 aliphatic carbocycles. The molecular formula is C18H21N3O2. The number of hydrogen-bond donors (Lipinski definition) is 1. The van der Waals surface area contributed by atoms with E-state index in [0.717, 1.165) is 31.5 Å². The normalized spacial score (nSPS) is 15.6. The predicted molar refractivity (Wildman–Crippen MR) is 88.2 cm³/mol. The van der Waals surface area contributed by atoms with Gasteiger partial charge in [0, 0.05) is 44.2 Å². The number of carbonyl (C=O) groups is 1. The predicted octanol–water partition coefficient (Wildman–Crippen LogP) is 2.11. The zero-order valence-corrected chi connectivity index (χ0v) is 13.1. The van der Waals surface area contributed by atoms with Crippen LogP contribution in [0.5, 0.6) is 0 Å². The molecule has 1 aliphatic heterocycles. The fourth-order valence-corrected chi connectivity index (χ4v) is 3.11. The second-order valence-corrected chi connectivity index (χ2v) is 6.00. The SMILES string of the molecule is O=C(CCc1ccc(=O)[nH]c1)N1CCC(c2ccncc2)CC1. The van der Waals surface area contributed by atoms with E-state index in [1.807, 2.05) is 17.3 Å². The van der Waals surface area contributed by atoms with E-state index in [-0.39, 0.29) is 11.5 Å². The van der Waals surface area contributed by atoms with Crippen molar-refractivity contribution >= 4 is 5.91 Å². The number of nitrogens with one attached hydrogen (secondary N) is 1. The van der Waals surface area contributed by atoms with Crippen molar-refractivity contribution in [2.75, 3.05) is 13.1 Å². The first-order chi connectivity index (χ1) is 11.2. The molecule has 5 nitrogen and oxygen atoms in total. The van der Waals surface area contributed by atoms with Gasteiger partial charge in [-0.1, -0.05) is 6.07 Å². The molecule has 0 radical (unpaired) electrons. The molecule has 0 bridgehead atoms. The fourth-order valence-electron chi connectivity index (χ4n) is 3.11. The molecule has 2 aromatic rings. The minimum Gasteiger partial charge on any atom is -0.343 e. The first-order valence-corrected chi connectivity index (χ1v) is 8.08. The van der Waals surface area contributed by atoms with Crippen LogP contribution in [-0.2, 0) is 11.2 Å². The Labute approximate surface area is 135 Å². The summed E-state index contributed by atoms with van der Waals surface area (Å²) in [4.78, 5) is 32.0. The second kappa shape index (κ2) is 7.22. The van der Waals surface area contributed by atoms with Gasteiger partial charge in [-0.3, -0.25) is 14.6 Å². The monoisotopic (exact) mass is 311 g/mol. The van der Waals surface area contributed by atoms with E-state index in [1.54, 1.807) is 12.3 Å². The molecule has 0 spiro atoms. The average Bonchev–Trinajstić information content (AvgIpc) is 2.62. The highest BCUT2D eigenvalue weighted by molar-refractivity contribution is 5.76. The molecule has 5 heteroatoms. The summed E-state index contributed by atoms with van der Waals surface area (Å²) in [5, 5.41) is 0. The van der Waals surface area contributed by atoms with Crippen LogP contribution < -0.4 is 5.56 Å². The Morgan fingerprint density at radius 1 is 1.17 bits per heavy atom. The van der Waals surface area contributed by atoms with Crippen LogP contribution in [0.25, 0.3) is 0 Å². The third kappa shape index (κ3) is 4.06. The van der Waals surface area contributed by atoms with Gasteiger partial charge < -0.3 is 9.88 Å². The van der Waals surface area contributed by atoms with Gasteiger partial charge in [0.25, 0.3) is 0 Å². The molecular weight excluding hydrogens is 290 g/mol. The van der Waals surface area contributed by atoms with Crippen molar-refractivity contribution in [3.63, 3.8) is 0 Å². The average molecular weight is 311 g/mol. The highest BCUT2D eigenvalue weighted by Crippen LogP contribution is 2.27. The summed E-state index contributed by atoms with van der Waals surface area (Å²) in [6.07, 6.45) is 8.52. The molecule has 1 N–H and O–H groups in total. The largest absolute Gasteiger partial charge is 0.343 e. The van der Waals surface area contributed by atoms with Crippen LogP contribution in [-0.4, -0.2) is 33.9 Å². The van der Waals surface area contributed by atoms with Crippen LogP contribution in [0.15, 0.2) is 47.7 Å². The molecule has 3 heterocycles. The maximum absolute atomic E-state index is 12.3. The molecule has 1 saturated heterocycles. The summed E-state index contributed by atoms with van der Waals surface area (Å²) in [6, 6.07) is 7.42. The summed E-state index contributed by atoms with van der Waals surface area (Å²) in [6.45, 7) is 1.63. The minimum atomic E-state index is -0.113. The van der Waals surface area contributed by atoms with Crippen LogP contribution in [0.3, 0.4) is 0 Å². The second-order valence-electron chi connectivity index (χ2n) is 6.00. The summed E-state index contributed by atoms with van der Waals surface area (Å²) in [7, 11) is 0. The summed E-state index contributed by atoms with van der Waals surface area (Å²) in [5.74, 6) is 0.727. The van der Waals surface area contributed by atoms with Crippen molar-refractivity contribution in [3.05, 3.63) is 64.3 Å². The van der Waals surface area contributed by atoms with Crippen molar-refractivity contribution in [2.24, 2.45) is 0 Å². The summed E-state index contributed by atoms with van der Waals surface area (Å²) >= 11 is 0. The molecule has 120 valence electrons.